The first-order valence-corrected chi connectivity index (χ1v) is 19.6. The van der Waals surface area contributed by atoms with E-state index in [1.807, 2.05) is 30.3 Å². The highest BCUT2D eigenvalue weighted by Gasteiger charge is 2.21. The fraction of sp³-hybridized carbons (Fsp3) is 0. The van der Waals surface area contributed by atoms with Crippen molar-refractivity contribution in [3.63, 3.8) is 0 Å². The van der Waals surface area contributed by atoms with E-state index >= 15 is 0 Å². The van der Waals surface area contributed by atoms with E-state index in [0.29, 0.717) is 17.5 Å². The molecule has 0 fully saturated rings. The first kappa shape index (κ1) is 32.4. The Morgan fingerprint density at radius 3 is 1.50 bits per heavy atom. The topological polar surface area (TPSA) is 48.5 Å². The molecule has 5 nitrogen and oxygen atoms in total. The van der Waals surface area contributed by atoms with Crippen LogP contribution in [0.15, 0.2) is 200 Å². The smallest absolute Gasteiger partial charge is 0.164 e. The molecule has 0 radical (unpaired) electrons. The molecule has 0 unspecified atom stereocenters. The number of fused-ring (bicyclic) bond motifs is 8. The lowest BCUT2D eigenvalue weighted by atomic mass is 10.1. The molecule has 0 bridgehead atoms. The molecule has 9 aromatic carbocycles. The minimum atomic E-state index is 0.628. The number of rotatable bonds is 5. The number of hydrogen-bond acceptors (Lipinski definition) is 3. The molecule has 5 heteroatoms. The van der Waals surface area contributed by atoms with Gasteiger partial charge in [0.15, 0.2) is 17.5 Å². The van der Waals surface area contributed by atoms with Gasteiger partial charge in [0.2, 0.25) is 0 Å². The van der Waals surface area contributed by atoms with Crippen molar-refractivity contribution in [2.75, 3.05) is 0 Å². The van der Waals surface area contributed by atoms with Crippen LogP contribution in [0.4, 0.5) is 0 Å². The molecule has 0 atom stereocenters. The van der Waals surface area contributed by atoms with E-state index in [1.165, 1.54) is 48.7 Å². The van der Waals surface area contributed by atoms with E-state index in [0.717, 1.165) is 44.5 Å². The number of aromatic nitrogens is 5. The van der Waals surface area contributed by atoms with Crippen molar-refractivity contribution >= 4 is 65.2 Å². The van der Waals surface area contributed by atoms with E-state index in [-0.39, 0.29) is 0 Å². The Morgan fingerprint density at radius 1 is 0.293 bits per heavy atom. The normalized spacial score (nSPS) is 11.8. The third-order valence-electron chi connectivity index (χ3n) is 11.5. The Hall–Kier alpha value is -7.89. The molecule has 12 aromatic rings. The average molecular weight is 740 g/mol. The summed E-state index contributed by atoms with van der Waals surface area (Å²) in [5.41, 5.74) is 9.66. The molecule has 3 aromatic heterocycles. The highest BCUT2D eigenvalue weighted by atomic mass is 15.1. The summed E-state index contributed by atoms with van der Waals surface area (Å²) >= 11 is 0. The van der Waals surface area contributed by atoms with Crippen LogP contribution in [0.3, 0.4) is 0 Å². The van der Waals surface area contributed by atoms with Gasteiger partial charge in [-0.3, -0.25) is 0 Å². The maximum absolute atomic E-state index is 5.11. The van der Waals surface area contributed by atoms with Gasteiger partial charge in [0.25, 0.3) is 0 Å². The predicted octanol–water partition coefficient (Wildman–Crippen LogP) is 13.4. The molecule has 0 N–H and O–H groups in total. The van der Waals surface area contributed by atoms with Gasteiger partial charge in [-0.2, -0.15) is 0 Å². The van der Waals surface area contributed by atoms with Gasteiger partial charge in [0, 0.05) is 43.9 Å². The second-order valence-corrected chi connectivity index (χ2v) is 14.9. The Balaban J connectivity index is 1.08. The molecule has 0 amide bonds. The van der Waals surface area contributed by atoms with Crippen LogP contribution in [-0.4, -0.2) is 24.1 Å². The van der Waals surface area contributed by atoms with E-state index in [4.69, 9.17) is 15.0 Å². The fourth-order valence-electron chi connectivity index (χ4n) is 8.80. The van der Waals surface area contributed by atoms with Crippen LogP contribution in [0.25, 0.3) is 111 Å². The van der Waals surface area contributed by atoms with Crippen molar-refractivity contribution in [2.45, 2.75) is 0 Å². The Morgan fingerprint density at radius 2 is 0.810 bits per heavy atom. The number of hydrogen-bond donors (Lipinski definition) is 0. The van der Waals surface area contributed by atoms with Gasteiger partial charge in [-0.15, -0.1) is 0 Å². The van der Waals surface area contributed by atoms with Gasteiger partial charge in [0.1, 0.15) is 0 Å². The molecule has 58 heavy (non-hydrogen) atoms. The zero-order valence-corrected chi connectivity index (χ0v) is 31.3. The standard InChI is InChI=1S/C53H33N5/c1-2-14-35(15-3-1)51-54-52(56-53(55-51)40-26-25-34-13-4-5-16-37(34)31-40)36-27-29-41(30-28-36)57-49-33-39-18-7-6-17-38(39)32-45(49)44-21-12-24-48(50(44)57)58-46-22-10-8-19-42(46)43-20-9-11-23-47(43)58/h1-33H. The summed E-state index contributed by atoms with van der Waals surface area (Å²) in [6.45, 7) is 0. The maximum Gasteiger partial charge on any atom is 0.164 e. The van der Waals surface area contributed by atoms with Crippen LogP contribution in [0.1, 0.15) is 0 Å². The lowest BCUT2D eigenvalue weighted by molar-refractivity contribution is 1.07. The molecule has 0 aliphatic rings. The van der Waals surface area contributed by atoms with E-state index in [9.17, 15) is 0 Å². The van der Waals surface area contributed by atoms with E-state index in [1.54, 1.807) is 0 Å². The summed E-state index contributed by atoms with van der Waals surface area (Å²) in [7, 11) is 0. The molecule has 270 valence electrons. The lowest BCUT2D eigenvalue weighted by Crippen LogP contribution is -2.02. The van der Waals surface area contributed by atoms with Gasteiger partial charge in [-0.05, 0) is 82.2 Å². The van der Waals surface area contributed by atoms with Crippen LogP contribution < -0.4 is 0 Å². The Kier molecular flexibility index (Phi) is 7.16. The molecular weight excluding hydrogens is 707 g/mol. The van der Waals surface area contributed by atoms with Crippen LogP contribution in [-0.2, 0) is 0 Å². The first-order chi connectivity index (χ1) is 28.7. The molecule has 3 heterocycles. The second-order valence-electron chi connectivity index (χ2n) is 14.9. The zero-order chi connectivity index (χ0) is 38.2. The van der Waals surface area contributed by atoms with Crippen molar-refractivity contribution in [1.29, 1.82) is 0 Å². The largest absolute Gasteiger partial charge is 0.307 e. The summed E-state index contributed by atoms with van der Waals surface area (Å²) in [5.74, 6) is 1.91. The fourth-order valence-corrected chi connectivity index (χ4v) is 8.80. The van der Waals surface area contributed by atoms with E-state index in [2.05, 4.69) is 179 Å². The molecule has 0 saturated heterocycles. The lowest BCUT2D eigenvalue weighted by Gasteiger charge is -2.15. The van der Waals surface area contributed by atoms with Gasteiger partial charge in [0.05, 0.1) is 27.8 Å². The van der Waals surface area contributed by atoms with Crippen LogP contribution in [0.5, 0.6) is 0 Å². The quantitative estimate of drug-likeness (QED) is 0.177. The summed E-state index contributed by atoms with van der Waals surface area (Å²) < 4.78 is 4.86. The van der Waals surface area contributed by atoms with Crippen molar-refractivity contribution in [2.24, 2.45) is 0 Å². The van der Waals surface area contributed by atoms with Crippen molar-refractivity contribution in [1.82, 2.24) is 24.1 Å². The average Bonchev–Trinajstić information content (AvgIpc) is 3.81. The van der Waals surface area contributed by atoms with Crippen molar-refractivity contribution < 1.29 is 0 Å². The zero-order valence-electron chi connectivity index (χ0n) is 31.3. The summed E-state index contributed by atoms with van der Waals surface area (Å²) in [4.78, 5) is 15.2. The molecule has 0 saturated carbocycles. The number of para-hydroxylation sites is 3. The minimum Gasteiger partial charge on any atom is -0.307 e. The summed E-state index contributed by atoms with van der Waals surface area (Å²) in [5, 5.41) is 9.64. The highest BCUT2D eigenvalue weighted by Crippen LogP contribution is 2.41. The summed E-state index contributed by atoms with van der Waals surface area (Å²) in [6.07, 6.45) is 0. The third-order valence-corrected chi connectivity index (χ3v) is 11.5. The Bertz CT molecular complexity index is 3510. The van der Waals surface area contributed by atoms with Gasteiger partial charge in [-0.1, -0.05) is 140 Å². The highest BCUT2D eigenvalue weighted by molar-refractivity contribution is 6.17. The van der Waals surface area contributed by atoms with Crippen LogP contribution in [0, 0.1) is 0 Å². The molecular formula is C53H33N5. The van der Waals surface area contributed by atoms with Crippen LogP contribution >= 0.6 is 0 Å². The number of benzene rings is 9. The second kappa shape index (κ2) is 12.8. The van der Waals surface area contributed by atoms with Gasteiger partial charge < -0.3 is 9.13 Å². The minimum absolute atomic E-state index is 0.628. The molecule has 12 rings (SSSR count). The monoisotopic (exact) mass is 739 g/mol. The third kappa shape index (κ3) is 5.07. The maximum atomic E-state index is 5.11. The molecule has 0 spiro atoms. The number of nitrogens with zero attached hydrogens (tertiary/aromatic N) is 5. The SMILES string of the molecule is c1ccc(-c2nc(-c3ccc(-n4c5cc6ccccc6cc5c5cccc(-n6c7ccccc7c7ccccc76)c54)cc3)nc(-c3ccc4ccccc4c3)n2)cc1. The Labute approximate surface area is 333 Å². The van der Waals surface area contributed by atoms with Crippen LogP contribution in [0.2, 0.25) is 0 Å². The summed E-state index contributed by atoms with van der Waals surface area (Å²) in [6, 6.07) is 71.1. The molecule has 0 aliphatic carbocycles. The van der Waals surface area contributed by atoms with Gasteiger partial charge in [-0.25, -0.2) is 15.0 Å². The van der Waals surface area contributed by atoms with Crippen molar-refractivity contribution in [3.05, 3.63) is 200 Å². The molecule has 0 aliphatic heterocycles. The van der Waals surface area contributed by atoms with E-state index < -0.39 is 0 Å². The first-order valence-electron chi connectivity index (χ1n) is 19.6. The van der Waals surface area contributed by atoms with Gasteiger partial charge >= 0.3 is 0 Å². The van der Waals surface area contributed by atoms with Crippen molar-refractivity contribution in [3.8, 4) is 45.5 Å². The predicted molar refractivity (Wildman–Crippen MR) is 240 cm³/mol.